The van der Waals surface area contributed by atoms with Gasteiger partial charge in [-0.05, 0) is 24.1 Å². The van der Waals surface area contributed by atoms with Crippen molar-refractivity contribution in [2.24, 2.45) is 0 Å². The second-order valence-electron chi connectivity index (χ2n) is 4.15. The van der Waals surface area contributed by atoms with E-state index in [1.165, 1.54) is 0 Å². The number of hydrogen-bond acceptors (Lipinski definition) is 1. The summed E-state index contributed by atoms with van der Waals surface area (Å²) in [4.78, 5) is 4.05. The smallest absolute Gasteiger partial charge is 0.0946 e. The number of imidazole rings is 1. The maximum Gasteiger partial charge on any atom is 0.0946 e. The first kappa shape index (κ1) is 13.2. The van der Waals surface area contributed by atoms with E-state index in [1.54, 1.807) is 6.20 Å². The lowest BCUT2D eigenvalue weighted by atomic mass is 9.95. The minimum Gasteiger partial charge on any atom is -0.337 e. The zero-order valence-corrected chi connectivity index (χ0v) is 11.4. The Labute approximate surface area is 117 Å². The van der Waals surface area contributed by atoms with Crippen LogP contribution in [0.4, 0.5) is 0 Å². The quantitative estimate of drug-likeness (QED) is 0.735. The SMILES string of the molecule is C=CC[C@@H](Cn1ccnc1)c1ccc(Cl)c(Cl)c1. The second kappa shape index (κ2) is 6.07. The lowest BCUT2D eigenvalue weighted by Gasteiger charge is -2.16. The van der Waals surface area contributed by atoms with E-state index in [9.17, 15) is 0 Å². The van der Waals surface area contributed by atoms with Gasteiger partial charge in [-0.1, -0.05) is 35.3 Å². The van der Waals surface area contributed by atoms with Gasteiger partial charge in [-0.2, -0.15) is 0 Å². The summed E-state index contributed by atoms with van der Waals surface area (Å²) in [5.74, 6) is 0.325. The van der Waals surface area contributed by atoms with Crippen LogP contribution in [0, 0.1) is 0 Å². The monoisotopic (exact) mass is 280 g/mol. The number of hydrogen-bond donors (Lipinski definition) is 0. The number of rotatable bonds is 5. The summed E-state index contributed by atoms with van der Waals surface area (Å²) >= 11 is 12.0. The molecule has 4 heteroatoms. The fourth-order valence-electron chi connectivity index (χ4n) is 1.93. The average Bonchev–Trinajstić information content (AvgIpc) is 2.85. The zero-order chi connectivity index (χ0) is 13.0. The lowest BCUT2D eigenvalue weighted by Crippen LogP contribution is -2.07. The molecule has 0 aliphatic carbocycles. The normalized spacial score (nSPS) is 12.3. The van der Waals surface area contributed by atoms with Gasteiger partial charge in [-0.25, -0.2) is 4.98 Å². The van der Waals surface area contributed by atoms with E-state index in [1.807, 2.05) is 36.8 Å². The molecule has 0 fully saturated rings. The van der Waals surface area contributed by atoms with Crippen LogP contribution in [0.2, 0.25) is 10.0 Å². The van der Waals surface area contributed by atoms with Crippen LogP contribution in [0.1, 0.15) is 17.9 Å². The third kappa shape index (κ3) is 3.15. The maximum atomic E-state index is 6.06. The van der Waals surface area contributed by atoms with Crippen LogP contribution in [0.3, 0.4) is 0 Å². The van der Waals surface area contributed by atoms with E-state index in [2.05, 4.69) is 16.1 Å². The van der Waals surface area contributed by atoms with Gasteiger partial charge in [-0.15, -0.1) is 6.58 Å². The molecule has 1 heterocycles. The van der Waals surface area contributed by atoms with Crippen molar-refractivity contribution >= 4 is 23.2 Å². The Balaban J connectivity index is 2.23. The molecule has 18 heavy (non-hydrogen) atoms. The molecular weight excluding hydrogens is 267 g/mol. The van der Waals surface area contributed by atoms with E-state index < -0.39 is 0 Å². The molecule has 1 atom stereocenters. The Kier molecular flexibility index (Phi) is 4.45. The summed E-state index contributed by atoms with van der Waals surface area (Å²) < 4.78 is 2.05. The maximum absolute atomic E-state index is 6.06. The Bertz CT molecular complexity index is 521. The van der Waals surface area contributed by atoms with Gasteiger partial charge in [0.15, 0.2) is 0 Å². The molecule has 0 aliphatic rings. The summed E-state index contributed by atoms with van der Waals surface area (Å²) in [5.41, 5.74) is 1.16. The van der Waals surface area contributed by atoms with Crippen molar-refractivity contribution in [2.75, 3.05) is 0 Å². The zero-order valence-electron chi connectivity index (χ0n) is 9.89. The van der Waals surface area contributed by atoms with Crippen LogP contribution >= 0.6 is 23.2 Å². The lowest BCUT2D eigenvalue weighted by molar-refractivity contribution is 0.564. The molecule has 0 spiro atoms. The Hall–Kier alpha value is -1.25. The second-order valence-corrected chi connectivity index (χ2v) is 4.97. The Morgan fingerprint density at radius 1 is 1.33 bits per heavy atom. The molecule has 0 aliphatic heterocycles. The summed E-state index contributed by atoms with van der Waals surface area (Å²) in [5, 5.41) is 1.18. The predicted octanol–water partition coefficient (Wildman–Crippen LogP) is 4.55. The number of aromatic nitrogens is 2. The third-order valence-corrected chi connectivity index (χ3v) is 3.60. The van der Waals surface area contributed by atoms with Crippen LogP contribution in [0.25, 0.3) is 0 Å². The van der Waals surface area contributed by atoms with E-state index in [4.69, 9.17) is 23.2 Å². The topological polar surface area (TPSA) is 17.8 Å². The standard InChI is InChI=1S/C14H14Cl2N2/c1-2-3-12(9-18-7-6-17-10-18)11-4-5-13(15)14(16)8-11/h2,4-8,10,12H,1,3,9H2/t12-/m0/s1. The van der Waals surface area contributed by atoms with Crippen LogP contribution in [0.15, 0.2) is 49.6 Å². The van der Waals surface area contributed by atoms with E-state index >= 15 is 0 Å². The molecule has 0 radical (unpaired) electrons. The Morgan fingerprint density at radius 2 is 2.17 bits per heavy atom. The first-order valence-electron chi connectivity index (χ1n) is 5.72. The van der Waals surface area contributed by atoms with E-state index in [0.717, 1.165) is 18.5 Å². The molecule has 0 unspecified atom stereocenters. The van der Waals surface area contributed by atoms with Crippen molar-refractivity contribution in [1.29, 1.82) is 0 Å². The molecule has 0 N–H and O–H groups in total. The highest BCUT2D eigenvalue weighted by molar-refractivity contribution is 6.42. The summed E-state index contributed by atoms with van der Waals surface area (Å²) in [6.45, 7) is 4.66. The van der Waals surface area contributed by atoms with Gasteiger partial charge in [0, 0.05) is 24.9 Å². The van der Waals surface area contributed by atoms with Crippen LogP contribution in [0.5, 0.6) is 0 Å². The minimum absolute atomic E-state index is 0.325. The molecule has 2 nitrogen and oxygen atoms in total. The van der Waals surface area contributed by atoms with Gasteiger partial charge in [0.05, 0.1) is 16.4 Å². The minimum atomic E-state index is 0.325. The largest absolute Gasteiger partial charge is 0.337 e. The number of benzene rings is 1. The molecule has 0 saturated carbocycles. The first-order chi connectivity index (χ1) is 8.70. The summed E-state index contributed by atoms with van der Waals surface area (Å²) in [6, 6.07) is 5.78. The third-order valence-electron chi connectivity index (χ3n) is 2.86. The molecule has 1 aromatic heterocycles. The summed E-state index contributed by atoms with van der Waals surface area (Å²) in [7, 11) is 0. The highest BCUT2D eigenvalue weighted by atomic mass is 35.5. The first-order valence-corrected chi connectivity index (χ1v) is 6.48. The van der Waals surface area contributed by atoms with Crippen molar-refractivity contribution in [1.82, 2.24) is 9.55 Å². The summed E-state index contributed by atoms with van der Waals surface area (Å²) in [6.07, 6.45) is 8.35. The fourth-order valence-corrected chi connectivity index (χ4v) is 2.24. The molecule has 2 aromatic rings. The van der Waals surface area contributed by atoms with Crippen LogP contribution in [-0.4, -0.2) is 9.55 Å². The average molecular weight is 281 g/mol. The van der Waals surface area contributed by atoms with Crippen LogP contribution in [-0.2, 0) is 6.54 Å². The van der Waals surface area contributed by atoms with Crippen molar-refractivity contribution in [3.05, 3.63) is 65.2 Å². The molecule has 0 amide bonds. The Morgan fingerprint density at radius 3 is 2.78 bits per heavy atom. The fraction of sp³-hybridized carbons (Fsp3) is 0.214. The predicted molar refractivity (Wildman–Crippen MR) is 76.2 cm³/mol. The van der Waals surface area contributed by atoms with Crippen LogP contribution < -0.4 is 0 Å². The van der Waals surface area contributed by atoms with Gasteiger partial charge in [0.2, 0.25) is 0 Å². The molecular formula is C14H14Cl2N2. The molecule has 94 valence electrons. The van der Waals surface area contributed by atoms with E-state index in [-0.39, 0.29) is 0 Å². The highest BCUT2D eigenvalue weighted by Gasteiger charge is 2.12. The van der Waals surface area contributed by atoms with Crippen molar-refractivity contribution in [2.45, 2.75) is 18.9 Å². The van der Waals surface area contributed by atoms with Gasteiger partial charge in [-0.3, -0.25) is 0 Å². The van der Waals surface area contributed by atoms with Crippen molar-refractivity contribution in [3.8, 4) is 0 Å². The number of nitrogens with zero attached hydrogens (tertiary/aromatic N) is 2. The van der Waals surface area contributed by atoms with Gasteiger partial charge >= 0.3 is 0 Å². The number of halogens is 2. The highest BCUT2D eigenvalue weighted by Crippen LogP contribution is 2.29. The van der Waals surface area contributed by atoms with Crippen molar-refractivity contribution in [3.63, 3.8) is 0 Å². The van der Waals surface area contributed by atoms with Crippen molar-refractivity contribution < 1.29 is 0 Å². The van der Waals surface area contributed by atoms with E-state index in [0.29, 0.717) is 16.0 Å². The van der Waals surface area contributed by atoms with Gasteiger partial charge in [0.25, 0.3) is 0 Å². The molecule has 2 rings (SSSR count). The molecule has 0 saturated heterocycles. The molecule has 0 bridgehead atoms. The van der Waals surface area contributed by atoms with Gasteiger partial charge < -0.3 is 4.57 Å². The number of allylic oxidation sites excluding steroid dienone is 1. The van der Waals surface area contributed by atoms with Gasteiger partial charge in [0.1, 0.15) is 0 Å². The molecule has 1 aromatic carbocycles.